The van der Waals surface area contributed by atoms with Crippen molar-refractivity contribution in [1.82, 2.24) is 25.0 Å². The zero-order valence-corrected chi connectivity index (χ0v) is 14.9. The average Bonchev–Trinajstić information content (AvgIpc) is 3.24. The number of halogens is 1. The number of carbonyl (C=O) groups is 1. The van der Waals surface area contributed by atoms with Crippen molar-refractivity contribution < 1.29 is 4.79 Å². The number of nitrogens with zero attached hydrogens (tertiary/aromatic N) is 4. The van der Waals surface area contributed by atoms with E-state index in [1.54, 1.807) is 15.9 Å². The first-order valence-electron chi connectivity index (χ1n) is 8.06. The van der Waals surface area contributed by atoms with Crippen LogP contribution >= 0.6 is 12.4 Å². The van der Waals surface area contributed by atoms with Gasteiger partial charge in [0, 0.05) is 7.05 Å². The molecule has 1 atom stereocenters. The number of hydrogen-bond donors (Lipinski definition) is 1. The van der Waals surface area contributed by atoms with E-state index in [2.05, 4.69) is 15.4 Å². The topological polar surface area (TPSA) is 63.1 Å². The molecule has 0 bridgehead atoms. The van der Waals surface area contributed by atoms with Gasteiger partial charge in [0.1, 0.15) is 12.7 Å². The molecule has 3 rings (SSSR count). The van der Waals surface area contributed by atoms with Crippen molar-refractivity contribution in [1.29, 1.82) is 0 Å². The normalized spacial score (nSPS) is 14.8. The minimum atomic E-state index is 0. The van der Waals surface area contributed by atoms with Gasteiger partial charge in [0.2, 0.25) is 5.91 Å². The third-order valence-corrected chi connectivity index (χ3v) is 4.44. The van der Waals surface area contributed by atoms with E-state index >= 15 is 0 Å². The molecule has 1 unspecified atom stereocenters. The Hall–Kier alpha value is -1.92. The minimum absolute atomic E-state index is 0. The molecule has 1 aromatic carbocycles. The fraction of sp³-hybridized carbons (Fsp3) is 0.471. The predicted molar refractivity (Wildman–Crippen MR) is 95.4 cm³/mol. The van der Waals surface area contributed by atoms with Crippen molar-refractivity contribution >= 4 is 18.3 Å². The van der Waals surface area contributed by atoms with Crippen LogP contribution in [0.15, 0.2) is 36.9 Å². The van der Waals surface area contributed by atoms with Crippen molar-refractivity contribution in [3.05, 3.63) is 42.5 Å². The molecule has 130 valence electrons. The highest BCUT2D eigenvalue weighted by atomic mass is 35.5. The third-order valence-electron chi connectivity index (χ3n) is 4.44. The van der Waals surface area contributed by atoms with E-state index in [-0.39, 0.29) is 24.4 Å². The number of hydrogen-bond acceptors (Lipinski definition) is 4. The summed E-state index contributed by atoms with van der Waals surface area (Å²) in [5, 5.41) is 7.36. The second-order valence-electron chi connectivity index (χ2n) is 6.19. The van der Waals surface area contributed by atoms with Gasteiger partial charge in [-0.3, -0.25) is 4.79 Å². The summed E-state index contributed by atoms with van der Waals surface area (Å²) in [7, 11) is 1.86. The molecule has 1 amide bonds. The Morgan fingerprint density at radius 1 is 1.38 bits per heavy atom. The SMILES string of the molecule is CC(c1ccc(-n2cncn2)cc1)N(C)C(=O)CNCC1CC1.Cl. The number of carbonyl (C=O) groups excluding carboxylic acids is 1. The van der Waals surface area contributed by atoms with E-state index in [1.165, 1.54) is 19.2 Å². The summed E-state index contributed by atoms with van der Waals surface area (Å²) < 4.78 is 1.71. The van der Waals surface area contributed by atoms with E-state index in [4.69, 9.17) is 0 Å². The zero-order chi connectivity index (χ0) is 16.2. The maximum Gasteiger partial charge on any atom is 0.236 e. The Labute approximate surface area is 148 Å². The number of rotatable bonds is 7. The number of aromatic nitrogens is 3. The average molecular weight is 350 g/mol. The molecular weight excluding hydrogens is 326 g/mol. The molecule has 1 heterocycles. The van der Waals surface area contributed by atoms with Crippen molar-refractivity contribution in [2.45, 2.75) is 25.8 Å². The molecule has 0 aliphatic heterocycles. The monoisotopic (exact) mass is 349 g/mol. The zero-order valence-electron chi connectivity index (χ0n) is 14.1. The molecular formula is C17H24ClN5O. The highest BCUT2D eigenvalue weighted by Crippen LogP contribution is 2.27. The van der Waals surface area contributed by atoms with Crippen molar-refractivity contribution in [3.8, 4) is 5.69 Å². The highest BCUT2D eigenvalue weighted by molar-refractivity contribution is 5.85. The van der Waals surface area contributed by atoms with Crippen LogP contribution in [0.1, 0.15) is 31.4 Å². The molecule has 1 aliphatic rings. The van der Waals surface area contributed by atoms with Crippen molar-refractivity contribution in [2.24, 2.45) is 5.92 Å². The first-order valence-corrected chi connectivity index (χ1v) is 8.06. The van der Waals surface area contributed by atoms with Crippen LogP contribution < -0.4 is 5.32 Å². The van der Waals surface area contributed by atoms with Gasteiger partial charge in [0.15, 0.2) is 0 Å². The Morgan fingerprint density at radius 3 is 2.67 bits per heavy atom. The summed E-state index contributed by atoms with van der Waals surface area (Å²) in [4.78, 5) is 18.0. The molecule has 1 N–H and O–H groups in total. The first kappa shape index (κ1) is 18.4. The first-order chi connectivity index (χ1) is 11.1. The van der Waals surface area contributed by atoms with Crippen molar-refractivity contribution in [3.63, 3.8) is 0 Å². The standard InChI is InChI=1S/C17H23N5O.ClH/c1-13(21(2)17(23)10-18-9-14-3-4-14)15-5-7-16(8-6-15)22-12-19-11-20-22;/h5-8,11-14,18H,3-4,9-10H2,1-2H3;1H. The van der Waals surface area contributed by atoms with E-state index in [1.807, 2.05) is 38.2 Å². The van der Waals surface area contributed by atoms with Crippen LogP contribution in [0.25, 0.3) is 5.69 Å². The number of nitrogens with one attached hydrogen (secondary N) is 1. The lowest BCUT2D eigenvalue weighted by Crippen LogP contribution is -2.37. The van der Waals surface area contributed by atoms with Crippen LogP contribution in [0.2, 0.25) is 0 Å². The molecule has 0 radical (unpaired) electrons. The lowest BCUT2D eigenvalue weighted by molar-refractivity contribution is -0.130. The van der Waals surface area contributed by atoms with Gasteiger partial charge < -0.3 is 10.2 Å². The number of amides is 1. The quantitative estimate of drug-likeness (QED) is 0.832. The summed E-state index contributed by atoms with van der Waals surface area (Å²) in [5.41, 5.74) is 2.06. The van der Waals surface area contributed by atoms with Gasteiger partial charge >= 0.3 is 0 Å². The van der Waals surface area contributed by atoms with Crippen LogP contribution in [0.4, 0.5) is 0 Å². The van der Waals surface area contributed by atoms with Crippen LogP contribution in [0.3, 0.4) is 0 Å². The Balaban J connectivity index is 0.00000208. The maximum absolute atomic E-state index is 12.3. The fourth-order valence-electron chi connectivity index (χ4n) is 2.52. The van der Waals surface area contributed by atoms with Gasteiger partial charge in [0.05, 0.1) is 18.3 Å². The van der Waals surface area contributed by atoms with Gasteiger partial charge in [-0.15, -0.1) is 12.4 Å². The summed E-state index contributed by atoms with van der Waals surface area (Å²) in [6.07, 6.45) is 5.77. The van der Waals surface area contributed by atoms with Gasteiger partial charge in [0.25, 0.3) is 0 Å². The third kappa shape index (κ3) is 4.55. The molecule has 2 aromatic rings. The van der Waals surface area contributed by atoms with E-state index in [0.29, 0.717) is 6.54 Å². The molecule has 24 heavy (non-hydrogen) atoms. The molecule has 1 aliphatic carbocycles. The fourth-order valence-corrected chi connectivity index (χ4v) is 2.52. The molecule has 0 spiro atoms. The Bertz CT molecular complexity index is 640. The predicted octanol–water partition coefficient (Wildman–Crippen LogP) is 2.21. The summed E-state index contributed by atoms with van der Waals surface area (Å²) >= 11 is 0. The second-order valence-corrected chi connectivity index (χ2v) is 6.19. The van der Waals surface area contributed by atoms with Gasteiger partial charge in [-0.1, -0.05) is 12.1 Å². The van der Waals surface area contributed by atoms with E-state index in [9.17, 15) is 4.79 Å². The molecule has 7 heteroatoms. The molecule has 1 fully saturated rings. The lowest BCUT2D eigenvalue weighted by atomic mass is 10.1. The highest BCUT2D eigenvalue weighted by Gasteiger charge is 2.22. The summed E-state index contributed by atoms with van der Waals surface area (Å²) in [5.74, 6) is 0.911. The van der Waals surface area contributed by atoms with Crippen LogP contribution in [-0.4, -0.2) is 45.7 Å². The van der Waals surface area contributed by atoms with Gasteiger partial charge in [-0.2, -0.15) is 5.10 Å². The Morgan fingerprint density at radius 2 is 2.08 bits per heavy atom. The molecule has 1 saturated carbocycles. The van der Waals surface area contributed by atoms with Gasteiger partial charge in [-0.25, -0.2) is 9.67 Å². The largest absolute Gasteiger partial charge is 0.338 e. The minimum Gasteiger partial charge on any atom is -0.338 e. The van der Waals surface area contributed by atoms with Crippen molar-refractivity contribution in [2.75, 3.05) is 20.1 Å². The number of benzene rings is 1. The summed E-state index contributed by atoms with van der Waals surface area (Å²) in [6, 6.07) is 8.08. The van der Waals surface area contributed by atoms with Crippen LogP contribution in [0.5, 0.6) is 0 Å². The lowest BCUT2D eigenvalue weighted by Gasteiger charge is -2.25. The second kappa shape index (κ2) is 8.26. The molecule has 6 nitrogen and oxygen atoms in total. The van der Waals surface area contributed by atoms with Crippen LogP contribution in [0, 0.1) is 5.92 Å². The molecule has 0 saturated heterocycles. The Kier molecular flexibility index (Phi) is 6.34. The van der Waals surface area contributed by atoms with Gasteiger partial charge in [-0.05, 0) is 49.9 Å². The van der Waals surface area contributed by atoms with E-state index in [0.717, 1.165) is 23.7 Å². The van der Waals surface area contributed by atoms with Crippen LogP contribution in [-0.2, 0) is 4.79 Å². The summed E-state index contributed by atoms with van der Waals surface area (Å²) in [6.45, 7) is 3.41. The molecule has 1 aromatic heterocycles. The maximum atomic E-state index is 12.3. The smallest absolute Gasteiger partial charge is 0.236 e. The number of likely N-dealkylation sites (N-methyl/N-ethyl adjacent to an activating group) is 1. The van der Waals surface area contributed by atoms with E-state index < -0.39 is 0 Å².